The van der Waals surface area contributed by atoms with Gasteiger partial charge in [-0.25, -0.2) is 0 Å². The number of rotatable bonds is 7. The van der Waals surface area contributed by atoms with Crippen LogP contribution in [-0.2, 0) is 4.79 Å². The molecule has 1 aromatic heterocycles. The van der Waals surface area contributed by atoms with Gasteiger partial charge in [0.05, 0.1) is 12.9 Å². The van der Waals surface area contributed by atoms with Crippen LogP contribution >= 0.6 is 11.8 Å². The maximum absolute atomic E-state index is 12.5. The van der Waals surface area contributed by atoms with E-state index in [4.69, 9.17) is 4.74 Å². The Morgan fingerprint density at radius 1 is 0.968 bits per heavy atom. The summed E-state index contributed by atoms with van der Waals surface area (Å²) in [6.07, 6.45) is 0. The summed E-state index contributed by atoms with van der Waals surface area (Å²) in [6.45, 7) is 1.97. The molecule has 0 aliphatic heterocycles. The van der Waals surface area contributed by atoms with Crippen molar-refractivity contribution in [1.82, 2.24) is 14.8 Å². The van der Waals surface area contributed by atoms with E-state index in [1.54, 1.807) is 7.11 Å². The number of methoxy groups -OCH3 is 1. The molecule has 0 saturated carbocycles. The van der Waals surface area contributed by atoms with Gasteiger partial charge in [-0.05, 0) is 55.0 Å². The van der Waals surface area contributed by atoms with Crippen molar-refractivity contribution in [1.29, 1.82) is 0 Å². The molecule has 3 aromatic carbocycles. The molecule has 0 aliphatic carbocycles. The van der Waals surface area contributed by atoms with Crippen molar-refractivity contribution in [3.05, 3.63) is 84.4 Å². The molecule has 1 heterocycles. The van der Waals surface area contributed by atoms with Crippen molar-refractivity contribution >= 4 is 23.4 Å². The van der Waals surface area contributed by atoms with Gasteiger partial charge in [0.15, 0.2) is 11.0 Å². The van der Waals surface area contributed by atoms with Gasteiger partial charge >= 0.3 is 0 Å². The van der Waals surface area contributed by atoms with Gasteiger partial charge in [0, 0.05) is 16.9 Å². The number of thioether (sulfide) groups is 1. The molecule has 4 aromatic rings. The van der Waals surface area contributed by atoms with Gasteiger partial charge in [0.25, 0.3) is 0 Å². The van der Waals surface area contributed by atoms with Crippen LogP contribution in [0.25, 0.3) is 17.1 Å². The van der Waals surface area contributed by atoms with Crippen LogP contribution in [0.2, 0.25) is 0 Å². The third-order valence-electron chi connectivity index (χ3n) is 4.75. The molecule has 0 atom stereocenters. The Kier molecular flexibility index (Phi) is 6.33. The van der Waals surface area contributed by atoms with Crippen molar-refractivity contribution in [3.8, 4) is 22.8 Å². The second-order valence-electron chi connectivity index (χ2n) is 6.86. The number of nitrogens with zero attached hydrogens (tertiary/aromatic N) is 3. The fourth-order valence-electron chi connectivity index (χ4n) is 3.13. The molecule has 0 saturated heterocycles. The molecule has 156 valence electrons. The third kappa shape index (κ3) is 4.78. The van der Waals surface area contributed by atoms with E-state index in [9.17, 15) is 4.79 Å². The highest BCUT2D eigenvalue weighted by Gasteiger charge is 2.17. The lowest BCUT2D eigenvalue weighted by Gasteiger charge is -2.11. The summed E-state index contributed by atoms with van der Waals surface area (Å²) in [6, 6.07) is 25.3. The smallest absolute Gasteiger partial charge is 0.234 e. The average Bonchev–Trinajstić information content (AvgIpc) is 3.24. The number of anilines is 1. The number of aromatic nitrogens is 3. The Labute approximate surface area is 185 Å². The fourth-order valence-corrected chi connectivity index (χ4v) is 3.88. The SMILES string of the molecule is COc1ccc(-c2nnc(SCC(=O)Nc3ccccc3C)n2-c2ccccc2)cc1. The number of hydrogen-bond acceptors (Lipinski definition) is 5. The molecule has 0 bridgehead atoms. The highest BCUT2D eigenvalue weighted by molar-refractivity contribution is 7.99. The first-order valence-electron chi connectivity index (χ1n) is 9.79. The number of carbonyl (C=O) groups is 1. The third-order valence-corrected chi connectivity index (χ3v) is 5.68. The summed E-state index contributed by atoms with van der Waals surface area (Å²) in [5, 5.41) is 12.4. The molecule has 6 nitrogen and oxygen atoms in total. The summed E-state index contributed by atoms with van der Waals surface area (Å²) < 4.78 is 7.22. The second-order valence-corrected chi connectivity index (χ2v) is 7.80. The number of amides is 1. The maximum atomic E-state index is 12.5. The molecular weight excluding hydrogens is 408 g/mol. The summed E-state index contributed by atoms with van der Waals surface area (Å²) >= 11 is 1.35. The van der Waals surface area contributed by atoms with Gasteiger partial charge in [0.1, 0.15) is 5.75 Å². The van der Waals surface area contributed by atoms with Crippen LogP contribution in [0.15, 0.2) is 84.0 Å². The Bertz CT molecular complexity index is 1170. The number of benzene rings is 3. The number of para-hydroxylation sites is 2. The van der Waals surface area contributed by atoms with Crippen LogP contribution in [0.5, 0.6) is 5.75 Å². The van der Waals surface area contributed by atoms with E-state index in [1.807, 2.05) is 90.4 Å². The van der Waals surface area contributed by atoms with Crippen molar-refractivity contribution in [3.63, 3.8) is 0 Å². The molecule has 0 radical (unpaired) electrons. The zero-order chi connectivity index (χ0) is 21.6. The zero-order valence-electron chi connectivity index (χ0n) is 17.3. The summed E-state index contributed by atoms with van der Waals surface area (Å²) in [5.74, 6) is 1.61. The Balaban J connectivity index is 1.59. The predicted molar refractivity (Wildman–Crippen MR) is 124 cm³/mol. The van der Waals surface area contributed by atoms with Crippen LogP contribution in [0.1, 0.15) is 5.56 Å². The molecule has 31 heavy (non-hydrogen) atoms. The first-order chi connectivity index (χ1) is 15.2. The minimum absolute atomic E-state index is 0.0899. The predicted octanol–water partition coefficient (Wildman–Crippen LogP) is 4.98. The normalized spacial score (nSPS) is 10.6. The number of carbonyl (C=O) groups excluding carboxylic acids is 1. The maximum Gasteiger partial charge on any atom is 0.234 e. The molecule has 1 amide bonds. The van der Waals surface area contributed by atoms with E-state index in [-0.39, 0.29) is 11.7 Å². The van der Waals surface area contributed by atoms with E-state index in [0.29, 0.717) is 11.0 Å². The minimum atomic E-state index is -0.0899. The monoisotopic (exact) mass is 430 g/mol. The molecule has 0 fully saturated rings. The lowest BCUT2D eigenvalue weighted by molar-refractivity contribution is -0.113. The summed E-state index contributed by atoms with van der Waals surface area (Å²) in [4.78, 5) is 12.5. The van der Waals surface area contributed by atoms with Gasteiger partial charge in [0.2, 0.25) is 5.91 Å². The van der Waals surface area contributed by atoms with Crippen LogP contribution in [0, 0.1) is 6.92 Å². The first-order valence-corrected chi connectivity index (χ1v) is 10.8. The fraction of sp³-hybridized carbons (Fsp3) is 0.125. The molecule has 0 aliphatic rings. The Morgan fingerprint density at radius 3 is 2.39 bits per heavy atom. The van der Waals surface area contributed by atoms with Crippen LogP contribution in [0.4, 0.5) is 5.69 Å². The van der Waals surface area contributed by atoms with E-state index < -0.39 is 0 Å². The average molecular weight is 431 g/mol. The van der Waals surface area contributed by atoms with Crippen molar-refractivity contribution in [2.75, 3.05) is 18.2 Å². The summed E-state index contributed by atoms with van der Waals surface area (Å²) in [7, 11) is 1.64. The van der Waals surface area contributed by atoms with Gasteiger partial charge < -0.3 is 10.1 Å². The quantitative estimate of drug-likeness (QED) is 0.419. The van der Waals surface area contributed by atoms with Gasteiger partial charge in [-0.15, -0.1) is 10.2 Å². The largest absolute Gasteiger partial charge is 0.497 e. The van der Waals surface area contributed by atoms with E-state index in [2.05, 4.69) is 15.5 Å². The van der Waals surface area contributed by atoms with Crippen molar-refractivity contribution < 1.29 is 9.53 Å². The van der Waals surface area contributed by atoms with Crippen molar-refractivity contribution in [2.24, 2.45) is 0 Å². The molecular formula is C24H22N4O2S. The zero-order valence-corrected chi connectivity index (χ0v) is 18.1. The standard InChI is InChI=1S/C24H22N4O2S/c1-17-8-6-7-11-21(17)25-22(29)16-31-24-27-26-23(18-12-14-20(30-2)15-13-18)28(24)19-9-4-3-5-10-19/h3-15H,16H2,1-2H3,(H,25,29). The van der Waals surface area contributed by atoms with Gasteiger partial charge in [-0.2, -0.15) is 0 Å². The minimum Gasteiger partial charge on any atom is -0.497 e. The van der Waals surface area contributed by atoms with Crippen LogP contribution < -0.4 is 10.1 Å². The van der Waals surface area contributed by atoms with Gasteiger partial charge in [-0.1, -0.05) is 48.2 Å². The highest BCUT2D eigenvalue weighted by atomic mass is 32.2. The number of nitrogens with one attached hydrogen (secondary N) is 1. The lowest BCUT2D eigenvalue weighted by atomic mass is 10.2. The lowest BCUT2D eigenvalue weighted by Crippen LogP contribution is -2.15. The molecule has 1 N–H and O–H groups in total. The second kappa shape index (κ2) is 9.49. The van der Waals surface area contributed by atoms with Crippen molar-refractivity contribution in [2.45, 2.75) is 12.1 Å². The number of ether oxygens (including phenoxy) is 1. The highest BCUT2D eigenvalue weighted by Crippen LogP contribution is 2.29. The molecule has 4 rings (SSSR count). The number of aryl methyl sites for hydroxylation is 1. The topological polar surface area (TPSA) is 69.0 Å². The van der Waals surface area contributed by atoms with E-state index in [1.165, 1.54) is 11.8 Å². The van der Waals surface area contributed by atoms with E-state index in [0.717, 1.165) is 28.3 Å². The van der Waals surface area contributed by atoms with E-state index >= 15 is 0 Å². The molecule has 0 spiro atoms. The Morgan fingerprint density at radius 2 is 1.68 bits per heavy atom. The van der Waals surface area contributed by atoms with Crippen LogP contribution in [0.3, 0.4) is 0 Å². The van der Waals surface area contributed by atoms with Crippen LogP contribution in [-0.4, -0.2) is 33.5 Å². The number of hydrogen-bond donors (Lipinski definition) is 1. The molecule has 0 unspecified atom stereocenters. The summed E-state index contributed by atoms with van der Waals surface area (Å²) in [5.41, 5.74) is 3.68. The first kappa shape index (κ1) is 20.7. The molecule has 7 heteroatoms. The van der Waals surface area contributed by atoms with Gasteiger partial charge in [-0.3, -0.25) is 9.36 Å². The Hall–Kier alpha value is -3.58.